The van der Waals surface area contributed by atoms with Crippen molar-refractivity contribution in [3.8, 4) is 11.5 Å². The van der Waals surface area contributed by atoms with E-state index in [0.717, 1.165) is 11.1 Å². The highest BCUT2D eigenvalue weighted by Gasteiger charge is 2.14. The van der Waals surface area contributed by atoms with Gasteiger partial charge in [0.15, 0.2) is 0 Å². The van der Waals surface area contributed by atoms with Gasteiger partial charge in [0.25, 0.3) is 0 Å². The fourth-order valence-electron chi connectivity index (χ4n) is 2.44. The summed E-state index contributed by atoms with van der Waals surface area (Å²) in [7, 11) is 0. The number of rotatable bonds is 6. The molecule has 0 amide bonds. The standard InChI is InChI=1S/C18H18O.C6H6O2/c1-3-17(15-11-7-5-8-12-15)19-18(4-2)16-13-9-6-10-14-16;7-5-1-2-6(8)4-3-5/h3-14,17-18H,1-2H2;1-4,7-8H. The second-order valence-electron chi connectivity index (χ2n) is 5.79. The van der Waals surface area contributed by atoms with Gasteiger partial charge in [-0.05, 0) is 35.4 Å². The van der Waals surface area contributed by atoms with Crippen molar-refractivity contribution in [3.63, 3.8) is 0 Å². The lowest BCUT2D eigenvalue weighted by Gasteiger charge is -2.21. The van der Waals surface area contributed by atoms with Crippen LogP contribution >= 0.6 is 0 Å². The second kappa shape index (κ2) is 10.6. The molecule has 3 aromatic carbocycles. The Morgan fingerprint density at radius 3 is 1.22 bits per heavy atom. The first kappa shape index (κ1) is 20.0. The van der Waals surface area contributed by atoms with Crippen LogP contribution in [0.15, 0.2) is 110 Å². The average molecular weight is 360 g/mol. The maximum atomic E-state index is 8.65. The van der Waals surface area contributed by atoms with E-state index < -0.39 is 0 Å². The molecule has 0 aliphatic rings. The fourth-order valence-corrected chi connectivity index (χ4v) is 2.44. The number of hydrogen-bond donors (Lipinski definition) is 2. The molecule has 3 heteroatoms. The maximum absolute atomic E-state index is 8.65. The molecule has 3 rings (SSSR count). The molecule has 0 bridgehead atoms. The van der Waals surface area contributed by atoms with E-state index >= 15 is 0 Å². The lowest BCUT2D eigenvalue weighted by atomic mass is 10.1. The fraction of sp³-hybridized carbons (Fsp3) is 0.0833. The van der Waals surface area contributed by atoms with Crippen LogP contribution in [-0.4, -0.2) is 10.2 Å². The summed E-state index contributed by atoms with van der Waals surface area (Å²) in [5, 5.41) is 17.3. The van der Waals surface area contributed by atoms with Crippen LogP contribution in [0.1, 0.15) is 23.3 Å². The molecule has 138 valence electrons. The summed E-state index contributed by atoms with van der Waals surface area (Å²) < 4.78 is 6.08. The third-order valence-electron chi connectivity index (χ3n) is 3.83. The third kappa shape index (κ3) is 6.49. The highest BCUT2D eigenvalue weighted by Crippen LogP contribution is 2.28. The summed E-state index contributed by atoms with van der Waals surface area (Å²) >= 11 is 0. The van der Waals surface area contributed by atoms with E-state index in [0.29, 0.717) is 0 Å². The van der Waals surface area contributed by atoms with Gasteiger partial charge in [0, 0.05) is 0 Å². The molecule has 27 heavy (non-hydrogen) atoms. The zero-order chi connectivity index (χ0) is 19.5. The van der Waals surface area contributed by atoms with E-state index in [1.165, 1.54) is 24.3 Å². The Morgan fingerprint density at radius 2 is 0.926 bits per heavy atom. The molecule has 0 spiro atoms. The minimum Gasteiger partial charge on any atom is -0.508 e. The van der Waals surface area contributed by atoms with Crippen LogP contribution in [0.25, 0.3) is 0 Å². The summed E-state index contributed by atoms with van der Waals surface area (Å²) in [6, 6.07) is 25.8. The largest absolute Gasteiger partial charge is 0.508 e. The molecule has 2 atom stereocenters. The second-order valence-corrected chi connectivity index (χ2v) is 5.79. The van der Waals surface area contributed by atoms with Gasteiger partial charge in [-0.15, -0.1) is 13.2 Å². The molecule has 3 aromatic rings. The summed E-state index contributed by atoms with van der Waals surface area (Å²) in [5.41, 5.74) is 2.19. The van der Waals surface area contributed by atoms with Gasteiger partial charge in [-0.25, -0.2) is 0 Å². The number of aromatic hydroxyl groups is 2. The van der Waals surface area contributed by atoms with Crippen molar-refractivity contribution in [2.75, 3.05) is 0 Å². The third-order valence-corrected chi connectivity index (χ3v) is 3.83. The number of ether oxygens (including phenoxy) is 1. The van der Waals surface area contributed by atoms with Gasteiger partial charge in [-0.3, -0.25) is 0 Å². The zero-order valence-corrected chi connectivity index (χ0v) is 15.1. The van der Waals surface area contributed by atoms with Gasteiger partial charge in [0.05, 0.1) is 0 Å². The minimum atomic E-state index is -0.135. The normalized spacial score (nSPS) is 12.1. The minimum absolute atomic E-state index is 0.135. The summed E-state index contributed by atoms with van der Waals surface area (Å²) in [6.45, 7) is 7.72. The molecule has 0 fully saturated rings. The summed E-state index contributed by atoms with van der Waals surface area (Å²) in [5.74, 6) is 0.339. The molecule has 2 N–H and O–H groups in total. The summed E-state index contributed by atoms with van der Waals surface area (Å²) in [4.78, 5) is 0. The topological polar surface area (TPSA) is 49.7 Å². The molecule has 0 aromatic heterocycles. The number of phenolic OH excluding ortho intramolecular Hbond substituents is 2. The number of phenols is 2. The first-order valence-corrected chi connectivity index (χ1v) is 8.62. The van der Waals surface area contributed by atoms with Crippen LogP contribution in [-0.2, 0) is 4.74 Å². The van der Waals surface area contributed by atoms with Crippen LogP contribution < -0.4 is 0 Å². The Balaban J connectivity index is 0.000000273. The molecule has 0 radical (unpaired) electrons. The maximum Gasteiger partial charge on any atom is 0.115 e. The van der Waals surface area contributed by atoms with Crippen molar-refractivity contribution in [1.29, 1.82) is 0 Å². The molecule has 0 saturated heterocycles. The van der Waals surface area contributed by atoms with Gasteiger partial charge in [-0.1, -0.05) is 72.8 Å². The summed E-state index contributed by atoms with van der Waals surface area (Å²) in [6.07, 6.45) is 3.36. The Morgan fingerprint density at radius 1 is 0.593 bits per heavy atom. The lowest BCUT2D eigenvalue weighted by molar-refractivity contribution is 0.0403. The Hall–Kier alpha value is -3.30. The van der Waals surface area contributed by atoms with Gasteiger partial charge in [0.2, 0.25) is 0 Å². The van der Waals surface area contributed by atoms with Gasteiger partial charge >= 0.3 is 0 Å². The quantitative estimate of drug-likeness (QED) is 0.421. The van der Waals surface area contributed by atoms with E-state index in [9.17, 15) is 0 Å². The lowest BCUT2D eigenvalue weighted by Crippen LogP contribution is -2.06. The number of hydrogen-bond acceptors (Lipinski definition) is 3. The van der Waals surface area contributed by atoms with Crippen molar-refractivity contribution < 1.29 is 14.9 Å². The zero-order valence-electron chi connectivity index (χ0n) is 15.1. The van der Waals surface area contributed by atoms with E-state index in [-0.39, 0.29) is 23.7 Å². The average Bonchev–Trinajstić information content (AvgIpc) is 2.73. The van der Waals surface area contributed by atoms with Crippen molar-refractivity contribution in [2.24, 2.45) is 0 Å². The molecule has 2 unspecified atom stereocenters. The molecule has 0 aliphatic heterocycles. The first-order chi connectivity index (χ1) is 13.1. The molecule has 0 heterocycles. The molecular formula is C24H24O3. The predicted molar refractivity (Wildman–Crippen MR) is 110 cm³/mol. The van der Waals surface area contributed by atoms with E-state index in [1.54, 1.807) is 0 Å². The van der Waals surface area contributed by atoms with Crippen molar-refractivity contribution in [2.45, 2.75) is 12.2 Å². The molecule has 3 nitrogen and oxygen atoms in total. The monoisotopic (exact) mass is 360 g/mol. The Kier molecular flexibility index (Phi) is 7.89. The Bertz CT molecular complexity index is 741. The molecule has 0 saturated carbocycles. The van der Waals surface area contributed by atoms with Crippen LogP contribution in [0.3, 0.4) is 0 Å². The van der Waals surface area contributed by atoms with Gasteiger partial charge < -0.3 is 14.9 Å². The highest BCUT2D eigenvalue weighted by atomic mass is 16.5. The van der Waals surface area contributed by atoms with Gasteiger partial charge in [0.1, 0.15) is 23.7 Å². The van der Waals surface area contributed by atoms with Crippen LogP contribution in [0.5, 0.6) is 11.5 Å². The van der Waals surface area contributed by atoms with E-state index in [2.05, 4.69) is 13.2 Å². The van der Waals surface area contributed by atoms with Crippen molar-refractivity contribution in [3.05, 3.63) is 121 Å². The Labute approximate surface area is 160 Å². The number of benzene rings is 3. The van der Waals surface area contributed by atoms with E-state index in [4.69, 9.17) is 14.9 Å². The van der Waals surface area contributed by atoms with Gasteiger partial charge in [-0.2, -0.15) is 0 Å². The molecule has 0 aliphatic carbocycles. The van der Waals surface area contributed by atoms with Crippen molar-refractivity contribution >= 4 is 0 Å². The van der Waals surface area contributed by atoms with Crippen molar-refractivity contribution in [1.82, 2.24) is 0 Å². The highest BCUT2D eigenvalue weighted by molar-refractivity contribution is 5.28. The predicted octanol–water partition coefficient (Wildman–Crippen LogP) is 5.96. The van der Waals surface area contributed by atoms with Crippen LogP contribution in [0.4, 0.5) is 0 Å². The van der Waals surface area contributed by atoms with Crippen LogP contribution in [0.2, 0.25) is 0 Å². The SMILES string of the molecule is C=CC(OC(C=C)c1ccccc1)c1ccccc1.Oc1ccc(O)cc1. The van der Waals surface area contributed by atoms with E-state index in [1.807, 2.05) is 72.8 Å². The smallest absolute Gasteiger partial charge is 0.115 e. The molecular weight excluding hydrogens is 336 g/mol. The first-order valence-electron chi connectivity index (χ1n) is 8.62. The van der Waals surface area contributed by atoms with Crippen LogP contribution in [0, 0.1) is 0 Å².